The molecule has 0 aromatic carbocycles. The Hall–Kier alpha value is -1.62. The van der Waals surface area contributed by atoms with Gasteiger partial charge in [-0.25, -0.2) is 0 Å². The van der Waals surface area contributed by atoms with E-state index in [1.165, 1.54) is 25.8 Å². The van der Waals surface area contributed by atoms with E-state index < -0.39 is 0 Å². The van der Waals surface area contributed by atoms with Gasteiger partial charge in [-0.3, -0.25) is 9.78 Å². The molecule has 2 heterocycles. The lowest BCUT2D eigenvalue weighted by molar-refractivity contribution is 0.0822. The maximum atomic E-state index is 11.9. The van der Waals surface area contributed by atoms with E-state index in [1.54, 1.807) is 25.2 Å². The fourth-order valence-corrected chi connectivity index (χ4v) is 2.52. The number of amides is 1. The smallest absolute Gasteiger partial charge is 0.272 e. The first-order valence-corrected chi connectivity index (χ1v) is 7.20. The lowest BCUT2D eigenvalue weighted by Gasteiger charge is -2.32. The van der Waals surface area contributed by atoms with Gasteiger partial charge in [-0.1, -0.05) is 6.42 Å². The average molecular weight is 276 g/mol. The Bertz CT molecular complexity index is 461. The molecule has 5 heteroatoms. The van der Waals surface area contributed by atoms with Crippen LogP contribution in [-0.2, 0) is 0 Å². The number of hydrogen-bond acceptors (Lipinski definition) is 4. The van der Waals surface area contributed by atoms with Crippen LogP contribution in [0.5, 0.6) is 0 Å². The van der Waals surface area contributed by atoms with Crippen LogP contribution in [0.4, 0.5) is 5.69 Å². The summed E-state index contributed by atoms with van der Waals surface area (Å²) >= 11 is 0. The number of nitrogens with one attached hydrogen (secondary N) is 1. The summed E-state index contributed by atoms with van der Waals surface area (Å²) in [6.45, 7) is 2.09. The van der Waals surface area contributed by atoms with Crippen LogP contribution in [0.25, 0.3) is 0 Å². The molecule has 1 atom stereocenters. The van der Waals surface area contributed by atoms with Crippen LogP contribution in [0.3, 0.4) is 0 Å². The number of pyridine rings is 1. The number of hydrogen-bond donors (Lipinski definition) is 1. The third kappa shape index (κ3) is 3.70. The molecule has 2 rings (SSSR count). The molecule has 0 bridgehead atoms. The molecule has 5 nitrogen and oxygen atoms in total. The van der Waals surface area contributed by atoms with Crippen LogP contribution >= 0.6 is 0 Å². The van der Waals surface area contributed by atoms with Crippen LogP contribution in [-0.4, -0.2) is 61.0 Å². The predicted molar refractivity (Wildman–Crippen MR) is 81.0 cm³/mol. The highest BCUT2D eigenvalue weighted by Crippen LogP contribution is 2.16. The molecule has 1 N–H and O–H groups in total. The molecular weight excluding hydrogens is 252 g/mol. The first-order chi connectivity index (χ1) is 9.58. The van der Waals surface area contributed by atoms with Crippen LogP contribution < -0.4 is 5.32 Å². The highest BCUT2D eigenvalue weighted by Gasteiger charge is 2.18. The molecular formula is C15H24N4O. The van der Waals surface area contributed by atoms with Crippen LogP contribution in [0.15, 0.2) is 18.3 Å². The van der Waals surface area contributed by atoms with Gasteiger partial charge in [0.1, 0.15) is 5.69 Å². The van der Waals surface area contributed by atoms with Crippen molar-refractivity contribution in [1.29, 1.82) is 0 Å². The third-order valence-electron chi connectivity index (χ3n) is 3.85. The summed E-state index contributed by atoms with van der Waals surface area (Å²) in [5, 5.41) is 3.43. The minimum absolute atomic E-state index is 0.0663. The normalized spacial score (nSPS) is 19.6. The second-order valence-corrected chi connectivity index (χ2v) is 5.64. The summed E-state index contributed by atoms with van der Waals surface area (Å²) in [6.07, 6.45) is 5.52. The lowest BCUT2D eigenvalue weighted by atomic mass is 10.0. The zero-order valence-corrected chi connectivity index (χ0v) is 12.6. The van der Waals surface area contributed by atoms with E-state index in [2.05, 4.69) is 22.2 Å². The topological polar surface area (TPSA) is 48.5 Å². The van der Waals surface area contributed by atoms with Gasteiger partial charge in [-0.05, 0) is 38.6 Å². The first-order valence-electron chi connectivity index (χ1n) is 7.20. The standard InChI is InChI=1S/C15H24N4O/c1-18(2)15(20)14-10-12(7-8-16-14)17-11-13-6-4-5-9-19(13)3/h7-8,10,13H,4-6,9,11H2,1-3H3,(H,16,17). The minimum atomic E-state index is -0.0663. The molecule has 1 aromatic heterocycles. The second-order valence-electron chi connectivity index (χ2n) is 5.64. The molecule has 0 aliphatic carbocycles. The number of likely N-dealkylation sites (N-methyl/N-ethyl adjacent to an activating group) is 1. The molecule has 1 aromatic rings. The molecule has 0 spiro atoms. The maximum Gasteiger partial charge on any atom is 0.272 e. The first kappa shape index (κ1) is 14.8. The van der Waals surface area contributed by atoms with Crippen molar-refractivity contribution in [3.63, 3.8) is 0 Å². The third-order valence-corrected chi connectivity index (χ3v) is 3.85. The van der Waals surface area contributed by atoms with Crippen molar-refractivity contribution in [2.24, 2.45) is 0 Å². The Morgan fingerprint density at radius 2 is 2.30 bits per heavy atom. The van der Waals surface area contributed by atoms with Crippen LogP contribution in [0.1, 0.15) is 29.8 Å². The van der Waals surface area contributed by atoms with E-state index in [9.17, 15) is 4.79 Å². The Morgan fingerprint density at radius 3 is 3.00 bits per heavy atom. The molecule has 1 fully saturated rings. The summed E-state index contributed by atoms with van der Waals surface area (Å²) in [5.41, 5.74) is 1.45. The van der Waals surface area contributed by atoms with Gasteiger partial charge in [0.05, 0.1) is 0 Å². The molecule has 1 saturated heterocycles. The molecule has 1 aliphatic rings. The van der Waals surface area contributed by atoms with Crippen LogP contribution in [0, 0.1) is 0 Å². The highest BCUT2D eigenvalue weighted by molar-refractivity contribution is 5.92. The summed E-state index contributed by atoms with van der Waals surface area (Å²) in [6, 6.07) is 4.31. The largest absolute Gasteiger partial charge is 0.383 e. The fraction of sp³-hybridized carbons (Fsp3) is 0.600. The Kier molecular flexibility index (Phi) is 4.95. The Labute approximate surface area is 121 Å². The van der Waals surface area contributed by atoms with Crippen molar-refractivity contribution < 1.29 is 4.79 Å². The van der Waals surface area contributed by atoms with E-state index in [0.29, 0.717) is 11.7 Å². The van der Waals surface area contributed by atoms with Crippen molar-refractivity contribution >= 4 is 11.6 Å². The quantitative estimate of drug-likeness (QED) is 0.909. The van der Waals surface area contributed by atoms with Crippen molar-refractivity contribution in [1.82, 2.24) is 14.8 Å². The Morgan fingerprint density at radius 1 is 1.50 bits per heavy atom. The second kappa shape index (κ2) is 6.70. The zero-order chi connectivity index (χ0) is 14.5. The SMILES string of the molecule is CN(C)C(=O)c1cc(NCC2CCCCN2C)ccn1. The minimum Gasteiger partial charge on any atom is -0.383 e. The zero-order valence-electron chi connectivity index (χ0n) is 12.6. The molecule has 0 saturated carbocycles. The number of nitrogens with zero attached hydrogens (tertiary/aromatic N) is 3. The van der Waals surface area contributed by atoms with Gasteiger partial charge < -0.3 is 15.1 Å². The number of piperidine rings is 1. The Balaban J connectivity index is 1.96. The van der Waals surface area contributed by atoms with E-state index in [1.807, 2.05) is 12.1 Å². The van der Waals surface area contributed by atoms with Gasteiger partial charge in [0.15, 0.2) is 0 Å². The molecule has 1 aliphatic heterocycles. The summed E-state index contributed by atoms with van der Waals surface area (Å²) in [5.74, 6) is -0.0663. The highest BCUT2D eigenvalue weighted by atomic mass is 16.2. The fourth-order valence-electron chi connectivity index (χ4n) is 2.52. The number of rotatable bonds is 4. The molecule has 110 valence electrons. The van der Waals surface area contributed by atoms with Gasteiger partial charge >= 0.3 is 0 Å². The number of likely N-dealkylation sites (tertiary alicyclic amines) is 1. The van der Waals surface area contributed by atoms with E-state index >= 15 is 0 Å². The molecule has 0 radical (unpaired) electrons. The number of anilines is 1. The van der Waals surface area contributed by atoms with E-state index in [4.69, 9.17) is 0 Å². The lowest BCUT2D eigenvalue weighted by Crippen LogP contribution is -2.40. The van der Waals surface area contributed by atoms with Crippen molar-refractivity contribution in [3.8, 4) is 0 Å². The van der Waals surface area contributed by atoms with Crippen molar-refractivity contribution in [3.05, 3.63) is 24.0 Å². The van der Waals surface area contributed by atoms with E-state index in [-0.39, 0.29) is 5.91 Å². The summed E-state index contributed by atoms with van der Waals surface area (Å²) in [7, 11) is 5.65. The number of carbonyl (C=O) groups is 1. The number of carbonyl (C=O) groups excluding carboxylic acids is 1. The number of aromatic nitrogens is 1. The predicted octanol–water partition coefficient (Wildman–Crippen LogP) is 1.68. The van der Waals surface area contributed by atoms with Crippen molar-refractivity contribution in [2.45, 2.75) is 25.3 Å². The molecule has 20 heavy (non-hydrogen) atoms. The summed E-state index contributed by atoms with van der Waals surface area (Å²) < 4.78 is 0. The van der Waals surface area contributed by atoms with Gasteiger partial charge in [-0.15, -0.1) is 0 Å². The molecule has 1 amide bonds. The average Bonchev–Trinajstić information content (AvgIpc) is 2.46. The van der Waals surface area contributed by atoms with Gasteiger partial charge in [0, 0.05) is 38.6 Å². The van der Waals surface area contributed by atoms with Gasteiger partial charge in [0.25, 0.3) is 5.91 Å². The monoisotopic (exact) mass is 276 g/mol. The van der Waals surface area contributed by atoms with Crippen LogP contribution in [0.2, 0.25) is 0 Å². The van der Waals surface area contributed by atoms with Crippen molar-refractivity contribution in [2.75, 3.05) is 39.5 Å². The molecule has 1 unspecified atom stereocenters. The maximum absolute atomic E-state index is 11.9. The van der Waals surface area contributed by atoms with Gasteiger partial charge in [-0.2, -0.15) is 0 Å². The summed E-state index contributed by atoms with van der Waals surface area (Å²) in [4.78, 5) is 20.0. The van der Waals surface area contributed by atoms with Gasteiger partial charge in [0.2, 0.25) is 0 Å². The van der Waals surface area contributed by atoms with E-state index in [0.717, 1.165) is 12.2 Å².